The van der Waals surface area contributed by atoms with Crippen LogP contribution in [0.15, 0.2) is 72.1 Å². The number of anilines is 1. The second-order valence-electron chi connectivity index (χ2n) is 7.29. The van der Waals surface area contributed by atoms with Crippen molar-refractivity contribution in [2.45, 2.75) is 20.0 Å². The fourth-order valence-electron chi connectivity index (χ4n) is 3.68. The molecule has 0 atom stereocenters. The molecule has 1 saturated heterocycles. The molecule has 1 aliphatic rings. The second-order valence-corrected chi connectivity index (χ2v) is 7.29. The van der Waals surface area contributed by atoms with Gasteiger partial charge in [0.2, 0.25) is 0 Å². The first kappa shape index (κ1) is 19.9. The van der Waals surface area contributed by atoms with Crippen LogP contribution in [0.4, 0.5) is 5.82 Å². The second kappa shape index (κ2) is 9.91. The molecular weight excluding hydrogens is 374 g/mol. The van der Waals surface area contributed by atoms with Gasteiger partial charge in [-0.15, -0.1) is 0 Å². The summed E-state index contributed by atoms with van der Waals surface area (Å²) in [5.41, 5.74) is 1.26. The van der Waals surface area contributed by atoms with Crippen molar-refractivity contribution in [2.24, 2.45) is 4.99 Å². The minimum atomic E-state index is 0.558. The molecule has 0 amide bonds. The Labute approximate surface area is 178 Å². The quantitative estimate of drug-likeness (QED) is 0.506. The first-order chi connectivity index (χ1) is 14.8. The number of nitrogens with zero attached hydrogens (tertiary/aromatic N) is 6. The van der Waals surface area contributed by atoms with Crippen LogP contribution in [0.1, 0.15) is 18.3 Å². The van der Waals surface area contributed by atoms with Crippen LogP contribution in [-0.2, 0) is 13.1 Å². The largest absolute Gasteiger partial charge is 0.357 e. The zero-order valence-corrected chi connectivity index (χ0v) is 17.5. The molecular formula is C23H29N7. The average molecular weight is 404 g/mol. The van der Waals surface area contributed by atoms with Crippen LogP contribution in [0, 0.1) is 0 Å². The maximum absolute atomic E-state index is 4.89. The van der Waals surface area contributed by atoms with Gasteiger partial charge in [-0.25, -0.2) is 15.0 Å². The van der Waals surface area contributed by atoms with E-state index in [1.165, 1.54) is 5.56 Å². The highest BCUT2D eigenvalue weighted by Gasteiger charge is 2.20. The number of pyridine rings is 1. The van der Waals surface area contributed by atoms with Gasteiger partial charge in [-0.2, -0.15) is 0 Å². The van der Waals surface area contributed by atoms with E-state index in [0.717, 1.165) is 56.9 Å². The van der Waals surface area contributed by atoms with Gasteiger partial charge in [0.1, 0.15) is 18.2 Å². The first-order valence-electron chi connectivity index (χ1n) is 10.6. The van der Waals surface area contributed by atoms with Crippen molar-refractivity contribution in [3.8, 4) is 0 Å². The lowest BCUT2D eigenvalue weighted by atomic mass is 10.2. The summed E-state index contributed by atoms with van der Waals surface area (Å²) in [6, 6.07) is 16.5. The summed E-state index contributed by atoms with van der Waals surface area (Å²) in [6.07, 6.45) is 5.73. The maximum Gasteiger partial charge on any atom is 0.194 e. The fourth-order valence-corrected chi connectivity index (χ4v) is 3.68. The van der Waals surface area contributed by atoms with Gasteiger partial charge in [0.25, 0.3) is 0 Å². The SMILES string of the molecule is CCNC(=NCc1nccn1Cc1ccccc1)N1CCN(c2ccccn2)CC1. The van der Waals surface area contributed by atoms with Crippen molar-refractivity contribution in [2.75, 3.05) is 37.6 Å². The van der Waals surface area contributed by atoms with E-state index in [9.17, 15) is 0 Å². The van der Waals surface area contributed by atoms with E-state index in [-0.39, 0.29) is 0 Å². The molecule has 7 nitrogen and oxygen atoms in total. The van der Waals surface area contributed by atoms with E-state index < -0.39 is 0 Å². The van der Waals surface area contributed by atoms with Gasteiger partial charge >= 0.3 is 0 Å². The molecule has 0 spiro atoms. The molecule has 0 saturated carbocycles. The Bertz CT molecular complexity index is 928. The molecule has 0 aliphatic carbocycles. The number of imidazole rings is 1. The molecule has 3 heterocycles. The Hall–Kier alpha value is -3.35. The summed E-state index contributed by atoms with van der Waals surface area (Å²) in [6.45, 7) is 8.03. The van der Waals surface area contributed by atoms with Crippen LogP contribution < -0.4 is 10.2 Å². The highest BCUT2D eigenvalue weighted by atomic mass is 15.4. The number of aliphatic imine (C=N–C) groups is 1. The van der Waals surface area contributed by atoms with Crippen LogP contribution in [0.25, 0.3) is 0 Å². The van der Waals surface area contributed by atoms with Crippen molar-refractivity contribution in [3.05, 3.63) is 78.5 Å². The number of hydrogen-bond acceptors (Lipinski definition) is 4. The van der Waals surface area contributed by atoms with Crippen LogP contribution in [0.5, 0.6) is 0 Å². The summed E-state index contributed by atoms with van der Waals surface area (Å²) in [5.74, 6) is 2.97. The summed E-state index contributed by atoms with van der Waals surface area (Å²) >= 11 is 0. The van der Waals surface area contributed by atoms with E-state index in [1.807, 2.05) is 36.8 Å². The predicted octanol–water partition coefficient (Wildman–Crippen LogP) is 2.61. The number of nitrogens with one attached hydrogen (secondary N) is 1. The lowest BCUT2D eigenvalue weighted by Gasteiger charge is -2.37. The average Bonchev–Trinajstić information content (AvgIpc) is 3.25. The minimum absolute atomic E-state index is 0.558. The number of guanidine groups is 1. The molecule has 0 unspecified atom stereocenters. The Balaban J connectivity index is 1.40. The van der Waals surface area contributed by atoms with E-state index in [0.29, 0.717) is 6.54 Å². The summed E-state index contributed by atoms with van der Waals surface area (Å²) in [4.78, 5) is 18.6. The van der Waals surface area contributed by atoms with E-state index in [2.05, 4.69) is 66.9 Å². The smallest absolute Gasteiger partial charge is 0.194 e. The zero-order valence-electron chi connectivity index (χ0n) is 17.5. The number of hydrogen-bond donors (Lipinski definition) is 1. The number of aromatic nitrogens is 3. The van der Waals surface area contributed by atoms with Crippen molar-refractivity contribution >= 4 is 11.8 Å². The van der Waals surface area contributed by atoms with E-state index in [1.54, 1.807) is 0 Å². The molecule has 30 heavy (non-hydrogen) atoms. The number of rotatable bonds is 6. The molecule has 1 N–H and O–H groups in total. The topological polar surface area (TPSA) is 61.6 Å². The van der Waals surface area contributed by atoms with Crippen LogP contribution in [0.3, 0.4) is 0 Å². The van der Waals surface area contributed by atoms with E-state index in [4.69, 9.17) is 4.99 Å². The Morgan fingerprint density at radius 3 is 2.50 bits per heavy atom. The summed E-state index contributed by atoms with van der Waals surface area (Å²) in [5, 5.41) is 3.44. The molecule has 3 aromatic rings. The molecule has 156 valence electrons. The third-order valence-electron chi connectivity index (χ3n) is 5.26. The Kier molecular flexibility index (Phi) is 6.59. The fraction of sp³-hybridized carbons (Fsp3) is 0.348. The van der Waals surface area contributed by atoms with Gasteiger partial charge in [-0.3, -0.25) is 0 Å². The lowest BCUT2D eigenvalue weighted by molar-refractivity contribution is 0.371. The van der Waals surface area contributed by atoms with Crippen molar-refractivity contribution in [1.29, 1.82) is 0 Å². The van der Waals surface area contributed by atoms with E-state index >= 15 is 0 Å². The Morgan fingerprint density at radius 2 is 1.77 bits per heavy atom. The van der Waals surface area contributed by atoms with Crippen LogP contribution in [-0.4, -0.2) is 58.1 Å². The molecule has 4 rings (SSSR count). The maximum atomic E-state index is 4.89. The standard InChI is InChI=1S/C23H29N7/c1-2-24-23(29-16-14-28(15-17-29)21-10-6-7-11-25-21)27-18-22-26-12-13-30(22)19-20-8-4-3-5-9-20/h3-13H,2,14-19H2,1H3,(H,24,27). The van der Waals surface area contributed by atoms with Gasteiger partial charge in [0, 0.05) is 57.9 Å². The molecule has 0 radical (unpaired) electrons. The molecule has 1 aliphatic heterocycles. The Morgan fingerprint density at radius 1 is 0.967 bits per heavy atom. The van der Waals surface area contributed by atoms with Crippen molar-refractivity contribution in [3.63, 3.8) is 0 Å². The molecule has 0 bridgehead atoms. The van der Waals surface area contributed by atoms with Gasteiger partial charge in [0.05, 0.1) is 0 Å². The van der Waals surface area contributed by atoms with Gasteiger partial charge < -0.3 is 19.7 Å². The summed E-state index contributed by atoms with van der Waals surface area (Å²) in [7, 11) is 0. The van der Waals surface area contributed by atoms with Crippen LogP contribution in [0.2, 0.25) is 0 Å². The zero-order chi connectivity index (χ0) is 20.6. The lowest BCUT2D eigenvalue weighted by Crippen LogP contribution is -2.52. The minimum Gasteiger partial charge on any atom is -0.357 e. The number of piperazine rings is 1. The molecule has 1 aromatic carbocycles. The number of benzene rings is 1. The highest BCUT2D eigenvalue weighted by Crippen LogP contribution is 2.13. The third kappa shape index (κ3) is 4.97. The van der Waals surface area contributed by atoms with Gasteiger partial charge in [0.15, 0.2) is 5.96 Å². The van der Waals surface area contributed by atoms with Gasteiger partial charge in [-0.1, -0.05) is 36.4 Å². The first-order valence-corrected chi connectivity index (χ1v) is 10.6. The molecule has 1 fully saturated rings. The van der Waals surface area contributed by atoms with Crippen LogP contribution >= 0.6 is 0 Å². The monoisotopic (exact) mass is 403 g/mol. The highest BCUT2D eigenvalue weighted by molar-refractivity contribution is 5.80. The molecule has 2 aromatic heterocycles. The summed E-state index contributed by atoms with van der Waals surface area (Å²) < 4.78 is 2.17. The third-order valence-corrected chi connectivity index (χ3v) is 5.26. The predicted molar refractivity (Wildman–Crippen MR) is 121 cm³/mol. The van der Waals surface area contributed by atoms with Gasteiger partial charge in [-0.05, 0) is 24.6 Å². The van der Waals surface area contributed by atoms with Crippen molar-refractivity contribution < 1.29 is 0 Å². The van der Waals surface area contributed by atoms with Crippen molar-refractivity contribution in [1.82, 2.24) is 24.8 Å². The normalized spacial score (nSPS) is 14.8. The molecule has 7 heteroatoms.